The molecule has 0 aromatic heterocycles. The first kappa shape index (κ1) is 19.3. The Balaban J connectivity index is 2.04. The molecule has 0 bridgehead atoms. The topological polar surface area (TPSA) is 59.3 Å². The van der Waals surface area contributed by atoms with E-state index in [2.05, 4.69) is 19.6 Å². The van der Waals surface area contributed by atoms with Crippen LogP contribution in [-0.2, 0) is 9.53 Å². The summed E-state index contributed by atoms with van der Waals surface area (Å²) < 4.78 is 11.2. The molecule has 0 aliphatic rings. The van der Waals surface area contributed by atoms with Crippen molar-refractivity contribution in [3.05, 3.63) is 66.7 Å². The fourth-order valence-electron chi connectivity index (χ4n) is 2.60. The van der Waals surface area contributed by atoms with Crippen molar-refractivity contribution in [1.82, 2.24) is 0 Å². The van der Waals surface area contributed by atoms with E-state index < -0.39 is 5.97 Å². The molecular formula is C22H23NO3. The average Bonchev–Trinajstić information content (AvgIpc) is 2.70. The second kappa shape index (κ2) is 10.0. The van der Waals surface area contributed by atoms with Gasteiger partial charge in [-0.3, -0.25) is 0 Å². The van der Waals surface area contributed by atoms with Crippen LogP contribution in [0.15, 0.2) is 61.2 Å². The van der Waals surface area contributed by atoms with E-state index in [0.717, 1.165) is 36.1 Å². The third-order valence-electron chi connectivity index (χ3n) is 4.04. The van der Waals surface area contributed by atoms with Crippen molar-refractivity contribution in [2.24, 2.45) is 0 Å². The number of benzene rings is 2. The number of carbonyl (C=O) groups excluding carboxylic acids is 1. The van der Waals surface area contributed by atoms with E-state index in [1.54, 1.807) is 12.1 Å². The van der Waals surface area contributed by atoms with Crippen LogP contribution >= 0.6 is 0 Å². The lowest BCUT2D eigenvalue weighted by Gasteiger charge is -2.20. The van der Waals surface area contributed by atoms with Gasteiger partial charge in [0.05, 0.1) is 24.3 Å². The quantitative estimate of drug-likeness (QED) is 0.367. The Kier molecular flexibility index (Phi) is 7.45. The molecule has 0 amide bonds. The first-order chi connectivity index (χ1) is 12.7. The van der Waals surface area contributed by atoms with E-state index in [4.69, 9.17) is 14.7 Å². The highest BCUT2D eigenvalue weighted by atomic mass is 16.5. The maximum absolute atomic E-state index is 11.1. The van der Waals surface area contributed by atoms with E-state index >= 15 is 0 Å². The number of rotatable bonds is 9. The van der Waals surface area contributed by atoms with Crippen molar-refractivity contribution in [2.45, 2.75) is 32.3 Å². The van der Waals surface area contributed by atoms with Crippen molar-refractivity contribution >= 4 is 5.97 Å². The van der Waals surface area contributed by atoms with Gasteiger partial charge in [0.25, 0.3) is 0 Å². The molecule has 2 rings (SSSR count). The van der Waals surface area contributed by atoms with E-state index in [9.17, 15) is 4.79 Å². The summed E-state index contributed by atoms with van der Waals surface area (Å²) in [6.07, 6.45) is 3.59. The maximum Gasteiger partial charge on any atom is 0.330 e. The molecule has 1 unspecified atom stereocenters. The highest BCUT2D eigenvalue weighted by Crippen LogP contribution is 2.31. The molecule has 0 N–H and O–H groups in total. The zero-order valence-electron chi connectivity index (χ0n) is 15.0. The summed E-state index contributed by atoms with van der Waals surface area (Å²) in [4.78, 5) is 11.1. The zero-order valence-corrected chi connectivity index (χ0v) is 15.0. The minimum absolute atomic E-state index is 0.0389. The highest BCUT2D eigenvalue weighted by Gasteiger charge is 2.12. The van der Waals surface area contributed by atoms with Crippen molar-refractivity contribution in [3.8, 4) is 22.9 Å². The molecule has 0 spiro atoms. The van der Waals surface area contributed by atoms with Crippen LogP contribution in [0.3, 0.4) is 0 Å². The van der Waals surface area contributed by atoms with Gasteiger partial charge in [-0.2, -0.15) is 5.26 Å². The Morgan fingerprint density at radius 2 is 1.96 bits per heavy atom. The van der Waals surface area contributed by atoms with Gasteiger partial charge in [-0.15, -0.1) is 0 Å². The molecule has 134 valence electrons. The molecule has 0 radical (unpaired) electrons. The van der Waals surface area contributed by atoms with Crippen LogP contribution in [0, 0.1) is 11.3 Å². The minimum Gasteiger partial charge on any atom is -0.490 e. The number of hydrogen-bond donors (Lipinski definition) is 0. The minimum atomic E-state index is -0.398. The van der Waals surface area contributed by atoms with Crippen LogP contribution in [0.4, 0.5) is 0 Å². The van der Waals surface area contributed by atoms with Crippen molar-refractivity contribution < 1.29 is 14.3 Å². The molecular weight excluding hydrogens is 326 g/mol. The fourth-order valence-corrected chi connectivity index (χ4v) is 2.60. The van der Waals surface area contributed by atoms with Crippen LogP contribution < -0.4 is 4.74 Å². The second-order valence-corrected chi connectivity index (χ2v) is 5.85. The van der Waals surface area contributed by atoms with Crippen LogP contribution in [-0.4, -0.2) is 18.7 Å². The predicted octanol–water partition coefficient (Wildman–Crippen LogP) is 4.89. The van der Waals surface area contributed by atoms with Crippen LogP contribution in [0.5, 0.6) is 5.75 Å². The Bertz CT molecular complexity index is 775. The van der Waals surface area contributed by atoms with E-state index in [-0.39, 0.29) is 6.10 Å². The number of esters is 1. The maximum atomic E-state index is 11.1. The number of carbonyl (C=O) groups is 1. The number of nitriles is 1. The van der Waals surface area contributed by atoms with Gasteiger partial charge >= 0.3 is 5.97 Å². The van der Waals surface area contributed by atoms with Gasteiger partial charge in [0.15, 0.2) is 0 Å². The summed E-state index contributed by atoms with van der Waals surface area (Å²) in [5.74, 6) is 0.414. The molecule has 26 heavy (non-hydrogen) atoms. The molecule has 4 nitrogen and oxygen atoms in total. The van der Waals surface area contributed by atoms with Crippen molar-refractivity contribution in [1.29, 1.82) is 5.26 Å². The Hall–Kier alpha value is -3.06. The van der Waals surface area contributed by atoms with Gasteiger partial charge in [0.1, 0.15) is 5.75 Å². The average molecular weight is 349 g/mol. The van der Waals surface area contributed by atoms with E-state index in [1.165, 1.54) is 6.08 Å². The molecule has 0 aliphatic carbocycles. The smallest absolute Gasteiger partial charge is 0.330 e. The molecule has 2 aromatic rings. The lowest BCUT2D eigenvalue weighted by molar-refractivity contribution is -0.137. The predicted molar refractivity (Wildman–Crippen MR) is 102 cm³/mol. The van der Waals surface area contributed by atoms with Crippen LogP contribution in [0.25, 0.3) is 11.1 Å². The molecule has 0 aliphatic heterocycles. The van der Waals surface area contributed by atoms with Gasteiger partial charge < -0.3 is 9.47 Å². The number of para-hydroxylation sites is 1. The first-order valence-corrected chi connectivity index (χ1v) is 8.73. The van der Waals surface area contributed by atoms with Gasteiger partial charge in [-0.25, -0.2) is 4.79 Å². The molecule has 0 saturated carbocycles. The lowest BCUT2D eigenvalue weighted by Crippen LogP contribution is -2.17. The fraction of sp³-hybridized carbons (Fsp3) is 0.273. The summed E-state index contributed by atoms with van der Waals surface area (Å²) in [6.45, 7) is 5.82. The summed E-state index contributed by atoms with van der Waals surface area (Å²) in [7, 11) is 0. The molecule has 0 fully saturated rings. The molecule has 0 saturated heterocycles. The van der Waals surface area contributed by atoms with Gasteiger partial charge in [0.2, 0.25) is 0 Å². The van der Waals surface area contributed by atoms with Crippen LogP contribution in [0.2, 0.25) is 0 Å². The van der Waals surface area contributed by atoms with E-state index in [1.807, 2.05) is 36.4 Å². The summed E-state index contributed by atoms with van der Waals surface area (Å²) >= 11 is 0. The van der Waals surface area contributed by atoms with Gasteiger partial charge in [-0.1, -0.05) is 43.8 Å². The lowest BCUT2D eigenvalue weighted by atomic mass is 10.0. The van der Waals surface area contributed by atoms with Gasteiger partial charge in [0, 0.05) is 11.6 Å². The summed E-state index contributed by atoms with van der Waals surface area (Å²) in [6, 6.07) is 17.5. The largest absolute Gasteiger partial charge is 0.490 e. The molecule has 0 heterocycles. The number of ether oxygens (including phenoxy) is 2. The normalized spacial score (nSPS) is 11.2. The van der Waals surface area contributed by atoms with Crippen LogP contribution in [0.1, 0.15) is 31.7 Å². The van der Waals surface area contributed by atoms with Crippen molar-refractivity contribution in [3.63, 3.8) is 0 Å². The number of nitrogens with zero attached hydrogens (tertiary/aromatic N) is 1. The molecule has 4 heteroatoms. The molecule has 1 atom stereocenters. The van der Waals surface area contributed by atoms with E-state index in [0.29, 0.717) is 12.2 Å². The monoisotopic (exact) mass is 349 g/mol. The summed E-state index contributed by atoms with van der Waals surface area (Å²) in [5, 5.41) is 8.95. The first-order valence-electron chi connectivity index (χ1n) is 8.73. The Labute approximate surface area is 154 Å². The second-order valence-electron chi connectivity index (χ2n) is 5.85. The molecule has 2 aromatic carbocycles. The summed E-state index contributed by atoms with van der Waals surface area (Å²) in [5.41, 5.74) is 2.63. The zero-order chi connectivity index (χ0) is 18.8. The third-order valence-corrected chi connectivity index (χ3v) is 4.04. The van der Waals surface area contributed by atoms with Crippen molar-refractivity contribution in [2.75, 3.05) is 6.61 Å². The third kappa shape index (κ3) is 5.49. The standard InChI is InChI=1S/C22H23NO3/c1-3-19(8-7-15-25-22(24)4-2)26-21-10-6-5-9-20(21)18-13-11-17(16-23)12-14-18/h4-6,9-14,19H,2-3,7-8,15H2,1H3. The van der Waals surface area contributed by atoms with Gasteiger partial charge in [-0.05, 0) is 43.0 Å². The highest BCUT2D eigenvalue weighted by molar-refractivity contribution is 5.81. The Morgan fingerprint density at radius 3 is 2.62 bits per heavy atom. The Morgan fingerprint density at radius 1 is 1.23 bits per heavy atom. The SMILES string of the molecule is C=CC(=O)OCCCC(CC)Oc1ccccc1-c1ccc(C#N)cc1. The number of hydrogen-bond acceptors (Lipinski definition) is 4.